The van der Waals surface area contributed by atoms with E-state index in [1.807, 2.05) is 30.3 Å². The van der Waals surface area contributed by atoms with Gasteiger partial charge in [-0.1, -0.05) is 38.3 Å². The van der Waals surface area contributed by atoms with E-state index in [4.69, 9.17) is 4.98 Å². The van der Waals surface area contributed by atoms with Gasteiger partial charge in [0.25, 0.3) is 5.91 Å². The Morgan fingerprint density at radius 3 is 2.47 bits per heavy atom. The fraction of sp³-hybridized carbons (Fsp3) is 0.375. The van der Waals surface area contributed by atoms with Crippen LogP contribution in [0.3, 0.4) is 0 Å². The monoisotopic (exact) mass is 405 g/mol. The van der Waals surface area contributed by atoms with Gasteiger partial charge in [-0.15, -0.1) is 0 Å². The van der Waals surface area contributed by atoms with Gasteiger partial charge in [0.2, 0.25) is 0 Å². The summed E-state index contributed by atoms with van der Waals surface area (Å²) >= 11 is 0. The molecule has 0 unspecified atom stereocenters. The molecule has 2 N–H and O–H groups in total. The van der Waals surface area contributed by atoms with Crippen molar-refractivity contribution in [1.29, 1.82) is 0 Å². The van der Waals surface area contributed by atoms with Crippen LogP contribution in [-0.2, 0) is 0 Å². The third-order valence-electron chi connectivity index (χ3n) is 5.85. The van der Waals surface area contributed by atoms with E-state index in [0.717, 1.165) is 42.6 Å². The first-order valence-electron chi connectivity index (χ1n) is 10.7. The van der Waals surface area contributed by atoms with E-state index in [0.29, 0.717) is 23.7 Å². The molecule has 0 atom stereocenters. The molecular formula is C24H27N3O3. The molecule has 1 aliphatic rings. The number of carbonyl (C=O) groups excluding carboxylic acids is 1. The van der Waals surface area contributed by atoms with Crippen LogP contribution in [0.4, 0.5) is 0 Å². The number of aromatic nitrogens is 2. The smallest absolute Gasteiger partial charge is 0.335 e. The van der Waals surface area contributed by atoms with Crippen molar-refractivity contribution in [2.45, 2.75) is 51.5 Å². The summed E-state index contributed by atoms with van der Waals surface area (Å²) in [5.74, 6) is -0.185. The van der Waals surface area contributed by atoms with Gasteiger partial charge in [-0.05, 0) is 49.6 Å². The molecule has 6 nitrogen and oxygen atoms in total. The number of imidazole rings is 1. The van der Waals surface area contributed by atoms with Gasteiger partial charge in [0, 0.05) is 23.7 Å². The van der Waals surface area contributed by atoms with E-state index in [9.17, 15) is 14.7 Å². The number of hydrogen-bond donors (Lipinski definition) is 2. The molecule has 1 saturated carbocycles. The van der Waals surface area contributed by atoms with Crippen LogP contribution < -0.4 is 5.32 Å². The maximum absolute atomic E-state index is 12.3. The van der Waals surface area contributed by atoms with E-state index in [1.165, 1.54) is 12.8 Å². The number of nitrogens with zero attached hydrogens (tertiary/aromatic N) is 2. The van der Waals surface area contributed by atoms with Crippen LogP contribution in [0.5, 0.6) is 0 Å². The lowest BCUT2D eigenvalue weighted by Gasteiger charge is -2.16. The highest BCUT2D eigenvalue weighted by Gasteiger charge is 2.24. The fourth-order valence-electron chi connectivity index (χ4n) is 4.22. The van der Waals surface area contributed by atoms with Gasteiger partial charge in [0.1, 0.15) is 5.82 Å². The Bertz CT molecular complexity index is 1060. The molecule has 0 bridgehead atoms. The second kappa shape index (κ2) is 8.69. The molecule has 1 fully saturated rings. The highest BCUT2D eigenvalue weighted by Crippen LogP contribution is 2.37. The molecule has 156 valence electrons. The van der Waals surface area contributed by atoms with E-state index in [1.54, 1.807) is 12.1 Å². The molecule has 2 aromatic carbocycles. The van der Waals surface area contributed by atoms with Crippen LogP contribution >= 0.6 is 0 Å². The molecule has 0 aliphatic heterocycles. The Morgan fingerprint density at radius 1 is 1.10 bits per heavy atom. The largest absolute Gasteiger partial charge is 0.478 e. The van der Waals surface area contributed by atoms with Crippen molar-refractivity contribution in [1.82, 2.24) is 14.9 Å². The first-order chi connectivity index (χ1) is 14.6. The van der Waals surface area contributed by atoms with Gasteiger partial charge in [-0.3, -0.25) is 4.79 Å². The predicted octanol–water partition coefficient (Wildman–Crippen LogP) is 5.05. The molecule has 1 aliphatic carbocycles. The van der Waals surface area contributed by atoms with Gasteiger partial charge in [0.05, 0.1) is 16.6 Å². The minimum absolute atomic E-state index is 0.0644. The Hall–Kier alpha value is -3.15. The average molecular weight is 405 g/mol. The number of nitrogens with one attached hydrogen (secondary N) is 1. The van der Waals surface area contributed by atoms with Gasteiger partial charge in [-0.25, -0.2) is 9.78 Å². The minimum atomic E-state index is -0.952. The first-order valence-corrected chi connectivity index (χ1v) is 10.7. The van der Waals surface area contributed by atoms with E-state index in [2.05, 4.69) is 16.8 Å². The number of unbranched alkanes of at least 4 members (excludes halogenated alkanes) is 1. The highest BCUT2D eigenvalue weighted by atomic mass is 16.4. The lowest BCUT2D eigenvalue weighted by Crippen LogP contribution is -2.24. The number of benzene rings is 2. The number of rotatable bonds is 7. The summed E-state index contributed by atoms with van der Waals surface area (Å²) in [6, 6.07) is 13.0. The SMILES string of the molecule is CCCCNC(=O)c1ccc(-c2nc3cc(C(=O)O)ccc3n2C2CCCC2)cc1. The zero-order valence-corrected chi connectivity index (χ0v) is 17.2. The van der Waals surface area contributed by atoms with Crippen LogP contribution in [-0.4, -0.2) is 33.1 Å². The number of fused-ring (bicyclic) bond motifs is 1. The third kappa shape index (κ3) is 3.95. The Balaban J connectivity index is 1.71. The van der Waals surface area contributed by atoms with E-state index in [-0.39, 0.29) is 11.5 Å². The molecule has 0 spiro atoms. The summed E-state index contributed by atoms with van der Waals surface area (Å²) in [5, 5.41) is 12.3. The maximum atomic E-state index is 12.3. The van der Waals surface area contributed by atoms with Crippen LogP contribution in [0, 0.1) is 0 Å². The Kier molecular flexibility index (Phi) is 5.84. The van der Waals surface area contributed by atoms with Crippen molar-refractivity contribution in [2.24, 2.45) is 0 Å². The zero-order valence-electron chi connectivity index (χ0n) is 17.2. The molecule has 1 amide bonds. The summed E-state index contributed by atoms with van der Waals surface area (Å²) < 4.78 is 2.25. The molecular weight excluding hydrogens is 378 g/mol. The fourth-order valence-corrected chi connectivity index (χ4v) is 4.22. The molecule has 1 aromatic heterocycles. The van der Waals surface area contributed by atoms with Crippen LogP contribution in [0.2, 0.25) is 0 Å². The number of carboxylic acids is 1. The van der Waals surface area contributed by atoms with Gasteiger partial charge >= 0.3 is 5.97 Å². The summed E-state index contributed by atoms with van der Waals surface area (Å²) in [6.07, 6.45) is 6.57. The van der Waals surface area contributed by atoms with Crippen molar-refractivity contribution >= 4 is 22.9 Å². The summed E-state index contributed by atoms with van der Waals surface area (Å²) in [4.78, 5) is 28.5. The van der Waals surface area contributed by atoms with E-state index >= 15 is 0 Å². The van der Waals surface area contributed by atoms with Crippen LogP contribution in [0.15, 0.2) is 42.5 Å². The number of hydrogen-bond acceptors (Lipinski definition) is 3. The lowest BCUT2D eigenvalue weighted by atomic mass is 10.1. The lowest BCUT2D eigenvalue weighted by molar-refractivity contribution is 0.0696. The second-order valence-electron chi connectivity index (χ2n) is 7.94. The molecule has 0 saturated heterocycles. The highest BCUT2D eigenvalue weighted by molar-refractivity contribution is 5.95. The zero-order chi connectivity index (χ0) is 21.1. The number of carbonyl (C=O) groups is 2. The van der Waals surface area contributed by atoms with Crippen molar-refractivity contribution < 1.29 is 14.7 Å². The molecule has 6 heteroatoms. The average Bonchev–Trinajstić information content (AvgIpc) is 3.40. The maximum Gasteiger partial charge on any atom is 0.335 e. The third-order valence-corrected chi connectivity index (χ3v) is 5.85. The van der Waals surface area contributed by atoms with Crippen LogP contribution in [0.25, 0.3) is 22.4 Å². The topological polar surface area (TPSA) is 84.2 Å². The molecule has 3 aromatic rings. The Morgan fingerprint density at radius 2 is 1.80 bits per heavy atom. The summed E-state index contributed by atoms with van der Waals surface area (Å²) in [5.41, 5.74) is 3.46. The summed E-state index contributed by atoms with van der Waals surface area (Å²) in [7, 11) is 0. The van der Waals surface area contributed by atoms with E-state index < -0.39 is 5.97 Å². The standard InChI is InChI=1S/C24H27N3O3/c1-2-3-14-25-23(28)17-10-8-16(9-11-17)22-26-20-15-18(24(29)30)12-13-21(20)27(22)19-6-4-5-7-19/h8-13,15,19H,2-7,14H2,1H3,(H,25,28)(H,29,30). The predicted molar refractivity (Wildman–Crippen MR) is 117 cm³/mol. The minimum Gasteiger partial charge on any atom is -0.478 e. The molecule has 0 radical (unpaired) electrons. The Labute approximate surface area is 175 Å². The number of carboxylic acid groups (broad SMARTS) is 1. The number of aromatic carboxylic acids is 1. The van der Waals surface area contributed by atoms with Gasteiger partial charge in [-0.2, -0.15) is 0 Å². The van der Waals surface area contributed by atoms with Crippen molar-refractivity contribution in [3.63, 3.8) is 0 Å². The van der Waals surface area contributed by atoms with Crippen LogP contribution in [0.1, 0.15) is 72.2 Å². The number of amides is 1. The molecule has 4 rings (SSSR count). The summed E-state index contributed by atoms with van der Waals surface area (Å²) in [6.45, 7) is 2.78. The van der Waals surface area contributed by atoms with Crippen molar-refractivity contribution in [3.05, 3.63) is 53.6 Å². The molecule has 30 heavy (non-hydrogen) atoms. The van der Waals surface area contributed by atoms with Gasteiger partial charge < -0.3 is 15.0 Å². The normalized spacial score (nSPS) is 14.3. The quantitative estimate of drug-likeness (QED) is 0.539. The van der Waals surface area contributed by atoms with Crippen molar-refractivity contribution in [2.75, 3.05) is 6.54 Å². The first kappa shape index (κ1) is 20.1. The van der Waals surface area contributed by atoms with Gasteiger partial charge in [0.15, 0.2) is 0 Å². The van der Waals surface area contributed by atoms with Crippen molar-refractivity contribution in [3.8, 4) is 11.4 Å². The second-order valence-corrected chi connectivity index (χ2v) is 7.94. The molecule has 1 heterocycles.